The summed E-state index contributed by atoms with van der Waals surface area (Å²) in [7, 11) is -2.86. The number of anilines is 1. The van der Waals surface area contributed by atoms with Crippen molar-refractivity contribution in [3.05, 3.63) is 98.5 Å². The predicted molar refractivity (Wildman–Crippen MR) is 168 cm³/mol. The number of halogens is 1. The summed E-state index contributed by atoms with van der Waals surface area (Å²) in [4.78, 5) is 40.2. The van der Waals surface area contributed by atoms with E-state index in [9.17, 15) is 28.1 Å². The van der Waals surface area contributed by atoms with Crippen molar-refractivity contribution >= 4 is 49.1 Å². The van der Waals surface area contributed by atoms with Crippen molar-refractivity contribution in [2.75, 3.05) is 24.2 Å². The van der Waals surface area contributed by atoms with Gasteiger partial charge in [-0.1, -0.05) is 65.3 Å². The number of ether oxygens (including phenoxy) is 1. The molecule has 3 aromatic rings. The number of nitro groups is 1. The molecule has 0 heterocycles. The van der Waals surface area contributed by atoms with Gasteiger partial charge in [-0.15, -0.1) is 0 Å². The maximum atomic E-state index is 14.2. The maximum absolute atomic E-state index is 14.2. The van der Waals surface area contributed by atoms with Gasteiger partial charge < -0.3 is 15.0 Å². The average molecular weight is 676 g/mol. The van der Waals surface area contributed by atoms with E-state index in [-0.39, 0.29) is 42.0 Å². The number of benzene rings is 3. The Morgan fingerprint density at radius 3 is 2.30 bits per heavy atom. The Balaban J connectivity index is 2.13. The van der Waals surface area contributed by atoms with Gasteiger partial charge in [0.2, 0.25) is 21.8 Å². The minimum Gasteiger partial charge on any atom is -0.495 e. The highest BCUT2D eigenvalue weighted by Crippen LogP contribution is 2.34. The van der Waals surface area contributed by atoms with Crippen LogP contribution in [0.3, 0.4) is 0 Å². The molecule has 3 rings (SSSR count). The van der Waals surface area contributed by atoms with Crippen LogP contribution in [-0.2, 0) is 32.6 Å². The highest BCUT2D eigenvalue weighted by molar-refractivity contribution is 9.10. The molecule has 0 fully saturated rings. The van der Waals surface area contributed by atoms with Crippen LogP contribution in [0.4, 0.5) is 11.4 Å². The Morgan fingerprint density at radius 2 is 1.72 bits per heavy atom. The molecule has 2 amide bonds. The van der Waals surface area contributed by atoms with Crippen LogP contribution in [0.1, 0.15) is 31.4 Å². The normalized spacial score (nSPS) is 12.6. The van der Waals surface area contributed by atoms with E-state index >= 15 is 0 Å². The Labute approximate surface area is 260 Å². The lowest BCUT2D eigenvalue weighted by atomic mass is 10.0. The summed E-state index contributed by atoms with van der Waals surface area (Å²) in [6, 6.07) is 18.8. The van der Waals surface area contributed by atoms with Gasteiger partial charge in [-0.2, -0.15) is 0 Å². The van der Waals surface area contributed by atoms with Crippen molar-refractivity contribution in [2.24, 2.45) is 0 Å². The fraction of sp³-hybridized carbons (Fsp3) is 0.333. The van der Waals surface area contributed by atoms with Gasteiger partial charge >= 0.3 is 0 Å². The smallest absolute Gasteiger partial charge is 0.271 e. The molecule has 0 aliphatic carbocycles. The number of methoxy groups -OCH3 is 1. The molecular formula is C30H35BrN4O7S. The van der Waals surface area contributed by atoms with Gasteiger partial charge in [0.05, 0.1) is 18.3 Å². The van der Waals surface area contributed by atoms with Crippen molar-refractivity contribution in [3.8, 4) is 5.75 Å². The lowest BCUT2D eigenvalue weighted by molar-refractivity contribution is -0.384. The zero-order chi connectivity index (χ0) is 31.7. The molecule has 43 heavy (non-hydrogen) atoms. The number of hydrogen-bond acceptors (Lipinski definition) is 7. The zero-order valence-electron chi connectivity index (χ0n) is 24.4. The van der Waals surface area contributed by atoms with E-state index < -0.39 is 33.4 Å². The van der Waals surface area contributed by atoms with E-state index in [1.807, 2.05) is 56.3 Å². The van der Waals surface area contributed by atoms with E-state index in [0.717, 1.165) is 26.7 Å². The molecule has 0 spiro atoms. The third-order valence-electron chi connectivity index (χ3n) is 6.84. The van der Waals surface area contributed by atoms with Crippen LogP contribution in [-0.4, -0.2) is 62.0 Å². The SMILES string of the molecule is CC[C@@H](C)NC(=O)[C@H](Cc1ccccc1)N(Cc1cccc(Br)c1)C(=O)CN(c1cc([N+](=O)[O-])ccc1OC)S(C)(=O)=O. The number of nitrogens with zero attached hydrogens (tertiary/aromatic N) is 3. The van der Waals surface area contributed by atoms with Crippen LogP contribution >= 0.6 is 15.9 Å². The van der Waals surface area contributed by atoms with Gasteiger partial charge in [-0.25, -0.2) is 8.42 Å². The summed E-state index contributed by atoms with van der Waals surface area (Å²) >= 11 is 3.44. The van der Waals surface area contributed by atoms with Gasteiger partial charge in [0.25, 0.3) is 5.69 Å². The molecule has 13 heteroatoms. The fourth-order valence-electron chi connectivity index (χ4n) is 4.41. The zero-order valence-corrected chi connectivity index (χ0v) is 26.8. The number of nitrogens with one attached hydrogen (secondary N) is 1. The number of non-ortho nitro benzene ring substituents is 1. The van der Waals surface area contributed by atoms with Crippen molar-refractivity contribution in [2.45, 2.75) is 45.3 Å². The standard InChI is InChI=1S/C30H35BrN4O7S/c1-5-21(2)32-30(37)27(17-22-10-7-6-8-11-22)33(19-23-12-9-13-24(31)16-23)29(36)20-34(43(4,40)41)26-18-25(35(38)39)14-15-28(26)42-3/h6-16,18,21,27H,5,17,19-20H2,1-4H3,(H,32,37)/t21-,27+/m1/s1. The lowest BCUT2D eigenvalue weighted by Crippen LogP contribution is -2.54. The van der Waals surface area contributed by atoms with Crippen molar-refractivity contribution in [1.29, 1.82) is 0 Å². The highest BCUT2D eigenvalue weighted by Gasteiger charge is 2.34. The van der Waals surface area contributed by atoms with Crippen molar-refractivity contribution in [1.82, 2.24) is 10.2 Å². The predicted octanol–water partition coefficient (Wildman–Crippen LogP) is 4.69. The quantitative estimate of drug-likeness (QED) is 0.193. The summed E-state index contributed by atoms with van der Waals surface area (Å²) in [6.45, 7) is 3.05. The first-order chi connectivity index (χ1) is 20.3. The van der Waals surface area contributed by atoms with Gasteiger partial charge in [-0.05, 0) is 42.7 Å². The molecule has 3 aromatic carbocycles. The molecule has 2 atom stereocenters. The van der Waals surface area contributed by atoms with Crippen LogP contribution in [0.2, 0.25) is 0 Å². The summed E-state index contributed by atoms with van der Waals surface area (Å²) in [5, 5.41) is 14.5. The Bertz CT molecular complexity index is 1550. The molecule has 0 unspecified atom stereocenters. The maximum Gasteiger partial charge on any atom is 0.271 e. The van der Waals surface area contributed by atoms with E-state index in [0.29, 0.717) is 12.0 Å². The largest absolute Gasteiger partial charge is 0.495 e. The lowest BCUT2D eigenvalue weighted by Gasteiger charge is -2.34. The van der Waals surface area contributed by atoms with Crippen LogP contribution in [0.5, 0.6) is 5.75 Å². The number of nitro benzene ring substituents is 1. The fourth-order valence-corrected chi connectivity index (χ4v) is 5.70. The summed E-state index contributed by atoms with van der Waals surface area (Å²) in [5.41, 5.74) is 0.964. The molecule has 0 aromatic heterocycles. The number of carbonyl (C=O) groups is 2. The van der Waals surface area contributed by atoms with E-state index in [4.69, 9.17) is 4.74 Å². The number of rotatable bonds is 14. The van der Waals surface area contributed by atoms with E-state index in [1.54, 1.807) is 12.1 Å². The molecule has 0 aliphatic rings. The molecule has 11 nitrogen and oxygen atoms in total. The second-order valence-corrected chi connectivity index (χ2v) is 12.9. The third-order valence-corrected chi connectivity index (χ3v) is 8.45. The average Bonchev–Trinajstić information content (AvgIpc) is 2.97. The summed E-state index contributed by atoms with van der Waals surface area (Å²) < 4.78 is 33.0. The first-order valence-corrected chi connectivity index (χ1v) is 16.2. The van der Waals surface area contributed by atoms with Crippen molar-refractivity contribution in [3.63, 3.8) is 0 Å². The second-order valence-electron chi connectivity index (χ2n) is 10.1. The third kappa shape index (κ3) is 9.26. The molecule has 230 valence electrons. The number of carbonyl (C=O) groups excluding carboxylic acids is 2. The second kappa shape index (κ2) is 15.0. The molecule has 0 bridgehead atoms. The Kier molecular flexibility index (Phi) is 11.7. The monoisotopic (exact) mass is 674 g/mol. The highest BCUT2D eigenvalue weighted by atomic mass is 79.9. The molecule has 1 N–H and O–H groups in total. The first-order valence-electron chi connectivity index (χ1n) is 13.5. The van der Waals surface area contributed by atoms with Crippen LogP contribution in [0.25, 0.3) is 0 Å². The topological polar surface area (TPSA) is 139 Å². The molecular weight excluding hydrogens is 640 g/mol. The minimum absolute atomic E-state index is 0.00657. The summed E-state index contributed by atoms with van der Waals surface area (Å²) in [5.74, 6) is -1.04. The minimum atomic E-state index is -4.15. The number of amides is 2. The molecule has 0 aliphatic heterocycles. The Hall–Kier alpha value is -3.97. The Morgan fingerprint density at radius 1 is 1.05 bits per heavy atom. The molecule has 0 saturated heterocycles. The van der Waals surface area contributed by atoms with Crippen LogP contribution < -0.4 is 14.4 Å². The van der Waals surface area contributed by atoms with Gasteiger partial charge in [0.1, 0.15) is 24.0 Å². The van der Waals surface area contributed by atoms with E-state index in [1.165, 1.54) is 24.1 Å². The van der Waals surface area contributed by atoms with Gasteiger partial charge in [0, 0.05) is 35.6 Å². The van der Waals surface area contributed by atoms with Crippen LogP contribution in [0, 0.1) is 10.1 Å². The summed E-state index contributed by atoms with van der Waals surface area (Å²) in [6.07, 6.45) is 1.73. The number of sulfonamides is 1. The van der Waals surface area contributed by atoms with Gasteiger partial charge in [-0.3, -0.25) is 24.0 Å². The van der Waals surface area contributed by atoms with Crippen molar-refractivity contribution < 1.29 is 27.7 Å². The first kappa shape index (κ1) is 33.5. The van der Waals surface area contributed by atoms with Crippen LogP contribution in [0.15, 0.2) is 77.3 Å². The van der Waals surface area contributed by atoms with Gasteiger partial charge in [0.15, 0.2) is 0 Å². The number of hydrogen-bond donors (Lipinski definition) is 1. The molecule has 0 radical (unpaired) electrons. The van der Waals surface area contributed by atoms with E-state index in [2.05, 4.69) is 21.2 Å². The molecule has 0 saturated carbocycles.